The third-order valence-corrected chi connectivity index (χ3v) is 5.27. The van der Waals surface area contributed by atoms with E-state index in [9.17, 15) is 14.4 Å². The first-order valence-corrected chi connectivity index (χ1v) is 12.8. The average molecular weight is 541 g/mol. The molecule has 0 aliphatic heterocycles. The Kier molecular flexibility index (Phi) is 10.7. The van der Waals surface area contributed by atoms with Gasteiger partial charge in [0.15, 0.2) is 5.78 Å². The van der Waals surface area contributed by atoms with Crippen LogP contribution in [0, 0.1) is 17.8 Å². The molecule has 0 unspecified atom stereocenters. The largest absolute Gasteiger partial charge is 0.490 e. The lowest BCUT2D eigenvalue weighted by molar-refractivity contribution is -0.160. The van der Waals surface area contributed by atoms with Crippen molar-refractivity contribution >= 4 is 23.8 Å². The van der Waals surface area contributed by atoms with E-state index < -0.39 is 10.8 Å². The number of aryl methyl sites for hydroxylation is 1. The first kappa shape index (κ1) is 31.4. The monoisotopic (exact) mass is 540 g/mol. The summed E-state index contributed by atoms with van der Waals surface area (Å²) >= 11 is 0. The molecule has 2 rings (SSSR count). The molecule has 8 nitrogen and oxygen atoms in total. The van der Waals surface area contributed by atoms with E-state index in [1.165, 1.54) is 6.08 Å². The van der Waals surface area contributed by atoms with Crippen LogP contribution in [0.4, 0.5) is 0 Å². The van der Waals surface area contributed by atoms with Crippen molar-refractivity contribution in [2.75, 3.05) is 13.6 Å². The topological polar surface area (TPSA) is 97.4 Å². The van der Waals surface area contributed by atoms with Crippen molar-refractivity contribution in [3.63, 3.8) is 0 Å². The molecule has 0 amide bonds. The van der Waals surface area contributed by atoms with Crippen LogP contribution in [0.2, 0.25) is 0 Å². The van der Waals surface area contributed by atoms with Crippen LogP contribution in [0.3, 0.4) is 0 Å². The Labute approximate surface area is 231 Å². The van der Waals surface area contributed by atoms with Crippen LogP contribution in [-0.4, -0.2) is 37.4 Å². The predicted molar refractivity (Wildman–Crippen MR) is 149 cm³/mol. The van der Waals surface area contributed by atoms with Crippen molar-refractivity contribution in [3.05, 3.63) is 59.2 Å². The second-order valence-electron chi connectivity index (χ2n) is 11.4. The van der Waals surface area contributed by atoms with E-state index in [-0.39, 0.29) is 37.4 Å². The van der Waals surface area contributed by atoms with Crippen LogP contribution in [-0.2, 0) is 19.1 Å². The van der Waals surface area contributed by atoms with Gasteiger partial charge in [-0.2, -0.15) is 0 Å². The molecule has 0 bridgehead atoms. The molecule has 0 radical (unpaired) electrons. The molecule has 2 aromatic carbocycles. The number of allylic oxidation sites excluding steroid dienone is 1. The average Bonchev–Trinajstić information content (AvgIpc) is 2.83. The van der Waals surface area contributed by atoms with E-state index in [1.807, 2.05) is 26.8 Å². The summed E-state index contributed by atoms with van der Waals surface area (Å²) in [6, 6.07) is 10.1. The van der Waals surface area contributed by atoms with Crippen molar-refractivity contribution in [3.8, 4) is 17.2 Å². The SMILES string of the molecule is Cc1cc(/C=C/C(=O)c2ccc(OCOC(=O)C(C)(C)C)cc2)c(OC(C)C)cc1OCOC(=O)C(C)(C)C. The van der Waals surface area contributed by atoms with E-state index in [0.717, 1.165) is 5.56 Å². The zero-order valence-electron chi connectivity index (χ0n) is 24.4. The Morgan fingerprint density at radius 3 is 1.85 bits per heavy atom. The van der Waals surface area contributed by atoms with Crippen LogP contribution in [0.25, 0.3) is 6.08 Å². The fraction of sp³-hybridized carbons (Fsp3) is 0.452. The van der Waals surface area contributed by atoms with Gasteiger partial charge in [-0.25, -0.2) is 0 Å². The number of rotatable bonds is 11. The minimum Gasteiger partial charge on any atom is -0.490 e. The maximum Gasteiger partial charge on any atom is 0.314 e. The fourth-order valence-corrected chi connectivity index (χ4v) is 3.04. The van der Waals surface area contributed by atoms with Gasteiger partial charge >= 0.3 is 11.9 Å². The lowest BCUT2D eigenvalue weighted by Crippen LogP contribution is -2.24. The summed E-state index contributed by atoms with van der Waals surface area (Å²) in [6.07, 6.45) is 3.04. The second kappa shape index (κ2) is 13.3. The Balaban J connectivity index is 2.09. The number of hydrogen-bond donors (Lipinski definition) is 0. The molecule has 212 valence electrons. The Morgan fingerprint density at radius 2 is 1.33 bits per heavy atom. The molecule has 0 fully saturated rings. The van der Waals surface area contributed by atoms with Crippen molar-refractivity contribution in [1.29, 1.82) is 0 Å². The van der Waals surface area contributed by atoms with Crippen molar-refractivity contribution in [1.82, 2.24) is 0 Å². The molecule has 0 aliphatic carbocycles. The molecule has 0 heterocycles. The molecule has 39 heavy (non-hydrogen) atoms. The summed E-state index contributed by atoms with van der Waals surface area (Å²) in [5.74, 6) is 0.594. The Hall–Kier alpha value is -3.81. The van der Waals surface area contributed by atoms with Crippen LogP contribution in [0.5, 0.6) is 17.2 Å². The standard InChI is InChI=1S/C31H40O8/c1-20(2)39-27-17-26(36-19-38-29(34)31(7,8)9)21(3)16-23(27)12-15-25(32)22-10-13-24(14-11-22)35-18-37-28(33)30(4,5)6/h10-17,20H,18-19H2,1-9H3/b15-12+. The van der Waals surface area contributed by atoms with E-state index in [4.69, 9.17) is 23.7 Å². The minimum absolute atomic E-state index is 0.114. The summed E-state index contributed by atoms with van der Waals surface area (Å²) in [4.78, 5) is 36.6. The van der Waals surface area contributed by atoms with Gasteiger partial charge in [-0.3, -0.25) is 14.4 Å². The van der Waals surface area contributed by atoms with Gasteiger partial charge in [-0.15, -0.1) is 0 Å². The number of esters is 2. The molecule has 0 saturated carbocycles. The Morgan fingerprint density at radius 1 is 0.795 bits per heavy atom. The minimum atomic E-state index is -0.625. The highest BCUT2D eigenvalue weighted by molar-refractivity contribution is 6.07. The maximum absolute atomic E-state index is 12.8. The van der Waals surface area contributed by atoms with E-state index in [1.54, 1.807) is 78.0 Å². The third kappa shape index (κ3) is 10.1. The first-order chi connectivity index (χ1) is 18.1. The van der Waals surface area contributed by atoms with Gasteiger partial charge in [-0.1, -0.05) is 0 Å². The molecular weight excluding hydrogens is 500 g/mol. The van der Waals surface area contributed by atoms with Gasteiger partial charge in [0.05, 0.1) is 16.9 Å². The van der Waals surface area contributed by atoms with Gasteiger partial charge in [0.25, 0.3) is 0 Å². The molecule has 8 heteroatoms. The second-order valence-corrected chi connectivity index (χ2v) is 11.4. The van der Waals surface area contributed by atoms with Crippen molar-refractivity contribution < 1.29 is 38.1 Å². The summed E-state index contributed by atoms with van der Waals surface area (Å²) in [6.45, 7) is 15.8. The fourth-order valence-electron chi connectivity index (χ4n) is 3.04. The number of carbonyl (C=O) groups excluding carboxylic acids is 3. The lowest BCUT2D eigenvalue weighted by Gasteiger charge is -2.19. The highest BCUT2D eigenvalue weighted by Gasteiger charge is 2.24. The zero-order valence-corrected chi connectivity index (χ0v) is 24.4. The van der Waals surface area contributed by atoms with E-state index in [2.05, 4.69) is 0 Å². The maximum atomic E-state index is 12.8. The normalized spacial score (nSPS) is 11.8. The van der Waals surface area contributed by atoms with Crippen LogP contribution in [0.15, 0.2) is 42.5 Å². The summed E-state index contributed by atoms with van der Waals surface area (Å²) in [5, 5.41) is 0. The number of hydrogen-bond acceptors (Lipinski definition) is 8. The summed E-state index contributed by atoms with van der Waals surface area (Å²) in [7, 11) is 0. The van der Waals surface area contributed by atoms with Gasteiger partial charge in [0, 0.05) is 17.2 Å². The Bertz CT molecular complexity index is 1180. The quantitative estimate of drug-likeness (QED) is 0.137. The van der Waals surface area contributed by atoms with Crippen molar-refractivity contribution in [2.24, 2.45) is 10.8 Å². The number of ether oxygens (including phenoxy) is 5. The molecular formula is C31H40O8. The summed E-state index contributed by atoms with van der Waals surface area (Å²) < 4.78 is 27.4. The molecule has 0 spiro atoms. The number of carbonyl (C=O) groups is 3. The highest BCUT2D eigenvalue weighted by Crippen LogP contribution is 2.31. The van der Waals surface area contributed by atoms with Crippen LogP contribution >= 0.6 is 0 Å². The van der Waals surface area contributed by atoms with Crippen molar-refractivity contribution in [2.45, 2.75) is 68.4 Å². The van der Waals surface area contributed by atoms with Crippen LogP contribution in [0.1, 0.15) is 76.9 Å². The third-order valence-electron chi connectivity index (χ3n) is 5.27. The van der Waals surface area contributed by atoms with E-state index in [0.29, 0.717) is 28.4 Å². The molecule has 2 aromatic rings. The number of benzene rings is 2. The molecule has 0 aliphatic rings. The van der Waals surface area contributed by atoms with Gasteiger partial charge < -0.3 is 23.7 Å². The summed E-state index contributed by atoms with van der Waals surface area (Å²) in [5.41, 5.74) is 0.723. The smallest absolute Gasteiger partial charge is 0.314 e. The lowest BCUT2D eigenvalue weighted by atomic mass is 9.97. The van der Waals surface area contributed by atoms with Gasteiger partial charge in [0.1, 0.15) is 17.2 Å². The highest BCUT2D eigenvalue weighted by atomic mass is 16.7. The van der Waals surface area contributed by atoms with E-state index >= 15 is 0 Å². The van der Waals surface area contributed by atoms with Gasteiger partial charge in [0.2, 0.25) is 13.6 Å². The molecule has 0 N–H and O–H groups in total. The molecule has 0 aromatic heterocycles. The molecule has 0 saturated heterocycles. The molecule has 0 atom stereocenters. The van der Waals surface area contributed by atoms with Gasteiger partial charge in [-0.05, 0) is 110 Å². The first-order valence-electron chi connectivity index (χ1n) is 12.8. The predicted octanol–water partition coefficient (Wildman–Crippen LogP) is 6.53. The number of ketones is 1. The zero-order chi connectivity index (χ0) is 29.4. The van der Waals surface area contributed by atoms with Crippen LogP contribution < -0.4 is 14.2 Å².